The van der Waals surface area contributed by atoms with Gasteiger partial charge in [-0.15, -0.1) is 0 Å². The average molecular weight is 1190 g/mol. The Kier molecular flexibility index (Phi) is 12.5. The molecule has 0 unspecified atom stereocenters. The monoisotopic (exact) mass is 1190 g/mol. The average Bonchev–Trinajstić information content (AvgIpc) is 1.71. The van der Waals surface area contributed by atoms with Gasteiger partial charge >= 0.3 is 0 Å². The highest BCUT2D eigenvalue weighted by Crippen LogP contribution is 2.55. The normalized spacial score (nSPS) is 12.5. The molecule has 0 amide bonds. The van der Waals surface area contributed by atoms with Crippen molar-refractivity contribution in [1.82, 2.24) is 18.7 Å². The highest BCUT2D eigenvalue weighted by atomic mass is 15.1. The van der Waals surface area contributed by atoms with E-state index in [2.05, 4.69) is 356 Å². The molecule has 4 heteroatoms. The van der Waals surface area contributed by atoms with Crippen LogP contribution in [0.2, 0.25) is 0 Å². The minimum atomic E-state index is -0.192. The van der Waals surface area contributed by atoms with E-state index >= 15 is 0 Å². The fourth-order valence-corrected chi connectivity index (χ4v) is 15.6. The van der Waals surface area contributed by atoms with Gasteiger partial charge in [-0.05, 0) is 192 Å². The zero-order valence-corrected chi connectivity index (χ0v) is 51.9. The Bertz CT molecular complexity index is 5780. The van der Waals surface area contributed by atoms with Gasteiger partial charge in [0.1, 0.15) is 5.82 Å². The molecule has 0 atom stereocenters. The van der Waals surface area contributed by atoms with Crippen LogP contribution >= 0.6 is 0 Å². The second-order valence-electron chi connectivity index (χ2n) is 25.4. The minimum absolute atomic E-state index is 0.192. The molecule has 3 aromatic heterocycles. The van der Waals surface area contributed by atoms with E-state index in [-0.39, 0.29) is 5.41 Å². The molecule has 0 saturated heterocycles. The SMILES string of the molecule is Cc1c(-c2ccccc2)c(-c2ccccc2)c(-c2ccc(-n3c4ccc(-c5ccc6c(c5)c5ccccc5n6-c5ccccc5)cc4c4cc5c(cc43)C(C)(C)c3ccccc3-5)cc2)c(-c2ccc(-c3nc4ccccc4n3-c3ccccc3)cc2)c1-c1ccccc1. The molecule has 0 spiro atoms. The van der Waals surface area contributed by atoms with E-state index in [4.69, 9.17) is 4.98 Å². The summed E-state index contributed by atoms with van der Waals surface area (Å²) in [6, 6.07) is 119. The molecule has 1 aliphatic carbocycles. The molecule has 0 aliphatic heterocycles. The summed E-state index contributed by atoms with van der Waals surface area (Å²) < 4.78 is 7.20. The molecule has 4 nitrogen and oxygen atoms in total. The lowest BCUT2D eigenvalue weighted by Crippen LogP contribution is -2.14. The molecular formula is C89H62N4. The summed E-state index contributed by atoms with van der Waals surface area (Å²) in [5, 5.41) is 4.94. The number of benzene rings is 14. The van der Waals surface area contributed by atoms with Crippen LogP contribution in [-0.4, -0.2) is 18.7 Å². The lowest BCUT2D eigenvalue weighted by Gasteiger charge is -2.27. The molecule has 0 N–H and O–H groups in total. The number of nitrogens with zero attached hydrogens (tertiary/aromatic N) is 4. The summed E-state index contributed by atoms with van der Waals surface area (Å²) in [5.41, 5.74) is 31.6. The largest absolute Gasteiger partial charge is 0.309 e. The highest BCUT2D eigenvalue weighted by molar-refractivity contribution is 6.15. The van der Waals surface area contributed by atoms with Gasteiger partial charge in [-0.3, -0.25) is 4.57 Å². The summed E-state index contributed by atoms with van der Waals surface area (Å²) >= 11 is 0. The van der Waals surface area contributed by atoms with E-state index in [1.54, 1.807) is 0 Å². The van der Waals surface area contributed by atoms with Gasteiger partial charge in [-0.2, -0.15) is 0 Å². The van der Waals surface area contributed by atoms with Gasteiger partial charge in [0.25, 0.3) is 0 Å². The fourth-order valence-electron chi connectivity index (χ4n) is 15.6. The lowest BCUT2D eigenvalue weighted by molar-refractivity contribution is 0.661. The Morgan fingerprint density at radius 1 is 0.258 bits per heavy atom. The Labute approximate surface area is 540 Å². The second-order valence-corrected chi connectivity index (χ2v) is 25.4. The summed E-state index contributed by atoms with van der Waals surface area (Å²) in [6.45, 7) is 7.11. The first-order chi connectivity index (χ1) is 45.8. The number of imidazole rings is 1. The van der Waals surface area contributed by atoms with Gasteiger partial charge < -0.3 is 9.13 Å². The third-order valence-electron chi connectivity index (χ3n) is 19.8. The molecular weight excluding hydrogens is 1130 g/mol. The highest BCUT2D eigenvalue weighted by Gasteiger charge is 2.36. The fraction of sp³-hybridized carbons (Fsp3) is 0.0449. The molecule has 1 aliphatic rings. The molecule has 93 heavy (non-hydrogen) atoms. The number of fused-ring (bicyclic) bond motifs is 10. The number of para-hydroxylation sites is 5. The van der Waals surface area contributed by atoms with Crippen molar-refractivity contribution in [2.45, 2.75) is 26.2 Å². The van der Waals surface area contributed by atoms with Crippen LogP contribution in [0.1, 0.15) is 30.5 Å². The predicted molar refractivity (Wildman–Crippen MR) is 390 cm³/mol. The first kappa shape index (κ1) is 54.1. The zero-order chi connectivity index (χ0) is 61.9. The van der Waals surface area contributed by atoms with E-state index in [0.29, 0.717) is 0 Å². The van der Waals surface area contributed by atoms with Gasteiger partial charge in [0.15, 0.2) is 0 Å². The maximum atomic E-state index is 5.31. The minimum Gasteiger partial charge on any atom is -0.309 e. The standard InChI is InChI=1S/C89H62N4/c1-57-83(58-25-9-4-10-26-58)85(60-29-13-6-14-30-60)87(86(84(57)59-27-11-5-12-28-59)61-41-43-63(44-42-61)88-90-77-38-22-24-40-81(77)93(88)67-33-17-8-18-34-67)62-45-49-68(50-46-62)92-80-52-48-65(54-73(80)74-55-71-69-35-19-21-37-75(69)89(2,3)76(71)56-82(74)92)64-47-51-79-72(53-64)70-36-20-23-39-78(70)91(79)66-31-15-7-16-32-66/h4-56H,1-3H3. The first-order valence-electron chi connectivity index (χ1n) is 32.3. The third-order valence-corrected chi connectivity index (χ3v) is 19.8. The van der Waals surface area contributed by atoms with E-state index in [1.165, 1.54) is 110 Å². The predicted octanol–water partition coefficient (Wildman–Crippen LogP) is 23.5. The Morgan fingerprint density at radius 2 is 0.656 bits per heavy atom. The molecule has 438 valence electrons. The van der Waals surface area contributed by atoms with Crippen LogP contribution in [0.3, 0.4) is 0 Å². The van der Waals surface area contributed by atoms with Crippen molar-refractivity contribution >= 4 is 54.6 Å². The van der Waals surface area contributed by atoms with Gasteiger partial charge in [0, 0.05) is 49.6 Å². The van der Waals surface area contributed by atoms with E-state index in [0.717, 1.165) is 67.3 Å². The van der Waals surface area contributed by atoms with Gasteiger partial charge in [-0.25, -0.2) is 4.98 Å². The van der Waals surface area contributed by atoms with Crippen molar-refractivity contribution in [3.63, 3.8) is 0 Å². The lowest BCUT2D eigenvalue weighted by atomic mass is 9.76. The Balaban J connectivity index is 0.860. The summed E-state index contributed by atoms with van der Waals surface area (Å²) in [7, 11) is 0. The zero-order valence-electron chi connectivity index (χ0n) is 51.9. The summed E-state index contributed by atoms with van der Waals surface area (Å²) in [6.07, 6.45) is 0. The smallest absolute Gasteiger partial charge is 0.145 e. The molecule has 0 saturated carbocycles. The number of hydrogen-bond donors (Lipinski definition) is 0. The Hall–Kier alpha value is -11.9. The third kappa shape index (κ3) is 8.56. The summed E-state index contributed by atoms with van der Waals surface area (Å²) in [4.78, 5) is 5.31. The van der Waals surface area contributed by atoms with Crippen LogP contribution in [0, 0.1) is 6.92 Å². The van der Waals surface area contributed by atoms with Crippen LogP contribution in [-0.2, 0) is 5.41 Å². The van der Waals surface area contributed by atoms with Gasteiger partial charge in [0.05, 0.1) is 33.1 Å². The van der Waals surface area contributed by atoms with Crippen molar-refractivity contribution in [1.29, 1.82) is 0 Å². The van der Waals surface area contributed by atoms with Crippen LogP contribution in [0.25, 0.3) is 161 Å². The van der Waals surface area contributed by atoms with Gasteiger partial charge in [-0.1, -0.05) is 244 Å². The molecule has 18 rings (SSSR count). The van der Waals surface area contributed by atoms with Crippen molar-refractivity contribution < 1.29 is 0 Å². The maximum absolute atomic E-state index is 5.31. The van der Waals surface area contributed by atoms with Crippen LogP contribution in [0.15, 0.2) is 322 Å². The quantitative estimate of drug-likeness (QED) is 0.134. The molecule has 0 bridgehead atoms. The molecule has 0 fully saturated rings. The van der Waals surface area contributed by atoms with Crippen LogP contribution < -0.4 is 0 Å². The van der Waals surface area contributed by atoms with Gasteiger partial charge in [0.2, 0.25) is 0 Å². The van der Waals surface area contributed by atoms with Crippen molar-refractivity contribution in [3.8, 4) is 106 Å². The number of hydrogen-bond acceptors (Lipinski definition) is 1. The first-order valence-corrected chi connectivity index (χ1v) is 32.3. The molecule has 0 radical (unpaired) electrons. The van der Waals surface area contributed by atoms with Crippen LogP contribution in [0.4, 0.5) is 0 Å². The van der Waals surface area contributed by atoms with E-state index in [1.807, 2.05) is 0 Å². The summed E-state index contributed by atoms with van der Waals surface area (Å²) in [5.74, 6) is 0.901. The van der Waals surface area contributed by atoms with E-state index in [9.17, 15) is 0 Å². The molecule has 3 heterocycles. The topological polar surface area (TPSA) is 27.7 Å². The maximum Gasteiger partial charge on any atom is 0.145 e. The van der Waals surface area contributed by atoms with Crippen LogP contribution in [0.5, 0.6) is 0 Å². The van der Waals surface area contributed by atoms with Crippen molar-refractivity contribution in [2.75, 3.05) is 0 Å². The molecule has 17 aromatic rings. The number of aromatic nitrogens is 4. The Morgan fingerprint density at radius 3 is 1.26 bits per heavy atom. The second kappa shape index (κ2) is 21.4. The van der Waals surface area contributed by atoms with Crippen molar-refractivity contribution in [2.24, 2.45) is 0 Å². The number of rotatable bonds is 10. The van der Waals surface area contributed by atoms with Crippen molar-refractivity contribution in [3.05, 3.63) is 338 Å². The van der Waals surface area contributed by atoms with E-state index < -0.39 is 0 Å². The molecule has 14 aromatic carbocycles.